The minimum atomic E-state index is -0.145. The van der Waals surface area contributed by atoms with E-state index in [4.69, 9.17) is 0 Å². The van der Waals surface area contributed by atoms with Crippen LogP contribution in [-0.2, 0) is 4.79 Å². The number of ketones is 1. The predicted octanol–water partition coefficient (Wildman–Crippen LogP) is 6.42. The number of benzene rings is 3. The van der Waals surface area contributed by atoms with E-state index in [0.717, 1.165) is 27.8 Å². The number of nitriles is 4. The molecule has 0 bridgehead atoms. The Hall–Kier alpha value is -5.75. The molecule has 3 aromatic carbocycles. The van der Waals surface area contributed by atoms with E-state index in [-0.39, 0.29) is 5.78 Å². The normalized spacial score (nSPS) is 14.7. The SMILES string of the molecule is N#CC1=CC=C(C2=C(c3ccc(C#N)cc3)C(c3ccc(C#N)cc3)=C(c3ccc(C#N)cc3)C2=O)CC1. The van der Waals surface area contributed by atoms with E-state index in [1.54, 1.807) is 54.6 Å². The highest BCUT2D eigenvalue weighted by Gasteiger charge is 2.36. The minimum absolute atomic E-state index is 0.145. The van der Waals surface area contributed by atoms with E-state index in [9.17, 15) is 25.8 Å². The number of nitrogens with zero attached hydrogens (tertiary/aromatic N) is 4. The van der Waals surface area contributed by atoms with Gasteiger partial charge in [-0.25, -0.2) is 0 Å². The summed E-state index contributed by atoms with van der Waals surface area (Å²) in [5.41, 5.74) is 7.76. The van der Waals surface area contributed by atoms with Gasteiger partial charge in [0.1, 0.15) is 0 Å². The fourth-order valence-electron chi connectivity index (χ4n) is 4.83. The molecule has 0 heterocycles. The molecule has 0 atom stereocenters. The third-order valence-corrected chi connectivity index (χ3v) is 6.73. The maximum Gasteiger partial charge on any atom is 0.195 e. The molecular weight excluding hydrogens is 468 g/mol. The molecule has 0 fully saturated rings. The first-order chi connectivity index (χ1) is 18.6. The van der Waals surface area contributed by atoms with Gasteiger partial charge in [-0.1, -0.05) is 42.5 Å². The molecule has 5 heteroatoms. The van der Waals surface area contributed by atoms with Crippen LogP contribution in [-0.4, -0.2) is 5.78 Å². The standard InChI is InChI=1S/C33H18N4O/c34-17-21-1-9-25(10-2-21)29-30(26-11-3-22(18-35)4-12-26)32(28-15-7-24(20-37)8-16-28)33(38)31(29)27-13-5-23(19-36)6-14-27/h1-7,9-15H,8,16H2. The third-order valence-electron chi connectivity index (χ3n) is 6.73. The molecule has 0 N–H and O–H groups in total. The summed E-state index contributed by atoms with van der Waals surface area (Å²) >= 11 is 0. The zero-order valence-corrected chi connectivity index (χ0v) is 20.2. The fourth-order valence-corrected chi connectivity index (χ4v) is 4.83. The summed E-state index contributed by atoms with van der Waals surface area (Å²) in [4.78, 5) is 14.3. The molecule has 5 rings (SSSR count). The van der Waals surface area contributed by atoms with Crippen LogP contribution in [0.4, 0.5) is 0 Å². The van der Waals surface area contributed by atoms with Crippen molar-refractivity contribution in [2.45, 2.75) is 12.8 Å². The Balaban J connectivity index is 1.83. The second kappa shape index (κ2) is 10.1. The van der Waals surface area contributed by atoms with Crippen LogP contribution >= 0.6 is 0 Å². The molecule has 0 saturated carbocycles. The quantitative estimate of drug-likeness (QED) is 0.422. The molecule has 0 radical (unpaired) electrons. The summed E-state index contributed by atoms with van der Waals surface area (Å²) in [6.45, 7) is 0. The summed E-state index contributed by atoms with van der Waals surface area (Å²) in [7, 11) is 0. The number of rotatable bonds is 4. The summed E-state index contributed by atoms with van der Waals surface area (Å²) < 4.78 is 0. The molecule has 3 aromatic rings. The van der Waals surface area contributed by atoms with E-state index in [1.807, 2.05) is 30.3 Å². The molecule has 0 aliphatic heterocycles. The predicted molar refractivity (Wildman–Crippen MR) is 143 cm³/mol. The Labute approximate surface area is 220 Å². The molecule has 0 unspecified atom stereocenters. The van der Waals surface area contributed by atoms with Gasteiger partial charge in [-0.2, -0.15) is 21.0 Å². The molecule has 2 aliphatic rings. The first-order valence-corrected chi connectivity index (χ1v) is 11.9. The van der Waals surface area contributed by atoms with Crippen molar-refractivity contribution in [2.24, 2.45) is 0 Å². The second-order valence-electron chi connectivity index (χ2n) is 8.89. The van der Waals surface area contributed by atoms with Gasteiger partial charge in [0.15, 0.2) is 5.78 Å². The molecule has 0 spiro atoms. The van der Waals surface area contributed by atoms with Crippen molar-refractivity contribution < 1.29 is 4.79 Å². The lowest BCUT2D eigenvalue weighted by Gasteiger charge is -2.16. The minimum Gasteiger partial charge on any atom is -0.289 e. The third kappa shape index (κ3) is 4.23. The van der Waals surface area contributed by atoms with Gasteiger partial charge in [0, 0.05) is 27.9 Å². The van der Waals surface area contributed by atoms with Crippen LogP contribution in [0, 0.1) is 45.3 Å². The van der Waals surface area contributed by atoms with Crippen molar-refractivity contribution in [3.63, 3.8) is 0 Å². The average Bonchev–Trinajstić information content (AvgIpc) is 3.29. The zero-order valence-electron chi connectivity index (χ0n) is 20.2. The summed E-state index contributed by atoms with van der Waals surface area (Å²) in [6, 6.07) is 29.8. The molecule has 0 saturated heterocycles. The van der Waals surface area contributed by atoms with E-state index < -0.39 is 0 Å². The Bertz CT molecular complexity index is 1770. The van der Waals surface area contributed by atoms with Crippen molar-refractivity contribution in [3.05, 3.63) is 135 Å². The van der Waals surface area contributed by atoms with Crippen molar-refractivity contribution in [1.82, 2.24) is 0 Å². The maximum atomic E-state index is 14.3. The van der Waals surface area contributed by atoms with Crippen LogP contribution in [0.15, 0.2) is 102 Å². The van der Waals surface area contributed by atoms with Gasteiger partial charge in [-0.05, 0) is 77.6 Å². The monoisotopic (exact) mass is 486 g/mol. The topological polar surface area (TPSA) is 112 Å². The molecule has 0 amide bonds. The molecule has 2 aliphatic carbocycles. The van der Waals surface area contributed by atoms with Crippen molar-refractivity contribution >= 4 is 22.5 Å². The first-order valence-electron chi connectivity index (χ1n) is 11.9. The second-order valence-corrected chi connectivity index (χ2v) is 8.89. The van der Waals surface area contributed by atoms with Crippen LogP contribution in [0.5, 0.6) is 0 Å². The van der Waals surface area contributed by atoms with Gasteiger partial charge in [-0.3, -0.25) is 4.79 Å². The lowest BCUT2D eigenvalue weighted by atomic mass is 9.86. The Morgan fingerprint density at radius 3 is 1.26 bits per heavy atom. The number of carbonyl (C=O) groups is 1. The Morgan fingerprint density at radius 1 is 0.474 bits per heavy atom. The van der Waals surface area contributed by atoms with Crippen molar-refractivity contribution in [2.75, 3.05) is 0 Å². The van der Waals surface area contributed by atoms with Gasteiger partial charge in [-0.15, -0.1) is 0 Å². The van der Waals surface area contributed by atoms with Gasteiger partial charge in [0.2, 0.25) is 0 Å². The fraction of sp³-hybridized carbons (Fsp3) is 0.0606. The number of hydrogen-bond acceptors (Lipinski definition) is 5. The van der Waals surface area contributed by atoms with Gasteiger partial charge in [0.25, 0.3) is 0 Å². The largest absolute Gasteiger partial charge is 0.289 e. The van der Waals surface area contributed by atoms with Crippen molar-refractivity contribution in [1.29, 1.82) is 21.0 Å². The lowest BCUT2D eigenvalue weighted by molar-refractivity contribution is -0.110. The summed E-state index contributed by atoms with van der Waals surface area (Å²) in [5, 5.41) is 37.3. The van der Waals surface area contributed by atoms with Gasteiger partial charge in [0.05, 0.1) is 41.0 Å². The Morgan fingerprint density at radius 2 is 0.895 bits per heavy atom. The Kier molecular flexibility index (Phi) is 6.36. The number of carbonyl (C=O) groups excluding carboxylic acids is 1. The highest BCUT2D eigenvalue weighted by Crippen LogP contribution is 2.49. The summed E-state index contributed by atoms with van der Waals surface area (Å²) in [6.07, 6.45) is 4.69. The lowest BCUT2D eigenvalue weighted by Crippen LogP contribution is -2.07. The molecular formula is C33H18N4O. The highest BCUT2D eigenvalue weighted by atomic mass is 16.1. The molecule has 38 heavy (non-hydrogen) atoms. The zero-order chi connectivity index (χ0) is 26.6. The number of hydrogen-bond donors (Lipinski definition) is 0. The maximum absolute atomic E-state index is 14.3. The van der Waals surface area contributed by atoms with Crippen molar-refractivity contribution in [3.8, 4) is 24.3 Å². The van der Waals surface area contributed by atoms with E-state index in [1.165, 1.54) is 0 Å². The van der Waals surface area contributed by atoms with E-state index in [0.29, 0.717) is 51.8 Å². The van der Waals surface area contributed by atoms with E-state index in [2.05, 4.69) is 24.3 Å². The molecule has 176 valence electrons. The van der Waals surface area contributed by atoms with Crippen LogP contribution < -0.4 is 0 Å². The van der Waals surface area contributed by atoms with Crippen LogP contribution in [0.1, 0.15) is 46.2 Å². The van der Waals surface area contributed by atoms with Crippen LogP contribution in [0.3, 0.4) is 0 Å². The first kappa shape index (κ1) is 24.0. The summed E-state index contributed by atoms with van der Waals surface area (Å²) in [5.74, 6) is -0.145. The number of Topliss-reactive ketones (excluding diaryl/α,β-unsaturated/α-hetero) is 1. The number of allylic oxidation sites excluding steroid dienone is 8. The molecule has 0 aromatic heterocycles. The van der Waals surface area contributed by atoms with Gasteiger partial charge >= 0.3 is 0 Å². The smallest absolute Gasteiger partial charge is 0.195 e. The average molecular weight is 487 g/mol. The van der Waals surface area contributed by atoms with Crippen LogP contribution in [0.25, 0.3) is 16.7 Å². The van der Waals surface area contributed by atoms with Crippen LogP contribution in [0.2, 0.25) is 0 Å². The van der Waals surface area contributed by atoms with Gasteiger partial charge < -0.3 is 0 Å². The molecule has 5 nitrogen and oxygen atoms in total. The van der Waals surface area contributed by atoms with E-state index >= 15 is 0 Å². The highest BCUT2D eigenvalue weighted by molar-refractivity contribution is 6.48.